The van der Waals surface area contributed by atoms with Gasteiger partial charge in [0.05, 0.1) is 30.3 Å². The molecule has 23 heavy (non-hydrogen) atoms. The smallest absolute Gasteiger partial charge is 0.0875 e. The van der Waals surface area contributed by atoms with E-state index in [4.69, 9.17) is 4.74 Å². The van der Waals surface area contributed by atoms with E-state index in [2.05, 4.69) is 19.9 Å². The minimum absolute atomic E-state index is 0.0474. The van der Waals surface area contributed by atoms with Crippen LogP contribution in [-0.2, 0) is 4.74 Å². The monoisotopic (exact) mass is 315 g/mol. The number of ether oxygens (including phenoxy) is 1. The molecular weight excluding hydrogens is 286 g/mol. The predicted molar refractivity (Wildman–Crippen MR) is 86.3 cm³/mol. The van der Waals surface area contributed by atoms with Gasteiger partial charge in [-0.25, -0.2) is 0 Å². The summed E-state index contributed by atoms with van der Waals surface area (Å²) in [5.41, 5.74) is 0.303. The van der Waals surface area contributed by atoms with Crippen molar-refractivity contribution in [3.63, 3.8) is 0 Å². The first-order chi connectivity index (χ1) is 11.0. The van der Waals surface area contributed by atoms with Crippen molar-refractivity contribution >= 4 is 0 Å². The molecule has 5 fully saturated rings. The minimum Gasteiger partial charge on any atom is -0.393 e. The van der Waals surface area contributed by atoms with Gasteiger partial charge in [-0.05, 0) is 79.4 Å². The standard InChI is InChI=1S/C20H29NO2/c1-19-8-7-16-18(23-16)14(19)6-4-12-13-5-3-11(10-21)20(13,2)9-15(22)17(12)19/h11-18,22H,3-9H2,1-2H3/t11-,12+,13+,14+,15+,16-,17-,18+,19+,20-/m1/s1. The lowest BCUT2D eigenvalue weighted by Gasteiger charge is -2.61. The molecule has 1 saturated heterocycles. The third-order valence-corrected chi connectivity index (χ3v) is 9.01. The number of fused-ring (bicyclic) bond motifs is 7. The van der Waals surface area contributed by atoms with Crippen LogP contribution < -0.4 is 0 Å². The van der Waals surface area contributed by atoms with Crippen molar-refractivity contribution in [2.24, 2.45) is 40.4 Å². The number of rotatable bonds is 0. The molecule has 5 rings (SSSR count). The summed E-state index contributed by atoms with van der Waals surface area (Å²) in [6.45, 7) is 4.75. The molecule has 4 aliphatic carbocycles. The number of aliphatic hydroxyl groups is 1. The zero-order valence-electron chi connectivity index (χ0n) is 14.4. The lowest BCUT2D eigenvalue weighted by Crippen LogP contribution is -2.59. The Morgan fingerprint density at radius 1 is 1.04 bits per heavy atom. The molecule has 1 aliphatic heterocycles. The van der Waals surface area contributed by atoms with E-state index in [9.17, 15) is 10.4 Å². The van der Waals surface area contributed by atoms with E-state index in [-0.39, 0.29) is 22.9 Å². The third kappa shape index (κ3) is 1.72. The molecular formula is C20H29NO2. The SMILES string of the molecule is C[C@]12CC[C@H]3O[C@H]3[C@@H]1CC[C@@H]1[C@@H]2[C@@H](O)C[C@]2(C)[C@@H](C#N)CC[C@@H]12. The van der Waals surface area contributed by atoms with E-state index >= 15 is 0 Å². The lowest BCUT2D eigenvalue weighted by molar-refractivity contribution is -0.164. The summed E-state index contributed by atoms with van der Waals surface area (Å²) in [6.07, 6.45) is 8.82. The summed E-state index contributed by atoms with van der Waals surface area (Å²) in [6, 6.07) is 2.57. The maximum absolute atomic E-state index is 11.2. The highest BCUT2D eigenvalue weighted by molar-refractivity contribution is 5.17. The van der Waals surface area contributed by atoms with Crippen LogP contribution in [0.2, 0.25) is 0 Å². The topological polar surface area (TPSA) is 56.5 Å². The zero-order valence-corrected chi connectivity index (χ0v) is 14.4. The van der Waals surface area contributed by atoms with E-state index in [1.165, 1.54) is 32.1 Å². The minimum atomic E-state index is -0.224. The van der Waals surface area contributed by atoms with Crippen LogP contribution in [0.4, 0.5) is 0 Å². The molecule has 0 aromatic heterocycles. The van der Waals surface area contributed by atoms with Crippen LogP contribution in [0.1, 0.15) is 58.8 Å². The Hall–Kier alpha value is -0.590. The molecule has 3 nitrogen and oxygen atoms in total. The molecule has 0 spiro atoms. The van der Waals surface area contributed by atoms with Crippen molar-refractivity contribution in [3.05, 3.63) is 0 Å². The summed E-state index contributed by atoms with van der Waals surface area (Å²) < 4.78 is 5.94. The maximum atomic E-state index is 11.2. The molecule has 126 valence electrons. The summed E-state index contributed by atoms with van der Waals surface area (Å²) in [4.78, 5) is 0. The quantitative estimate of drug-likeness (QED) is 0.696. The van der Waals surface area contributed by atoms with Gasteiger partial charge in [0, 0.05) is 0 Å². The Bertz CT molecular complexity index is 570. The van der Waals surface area contributed by atoms with Crippen LogP contribution in [-0.4, -0.2) is 23.4 Å². The Balaban J connectivity index is 1.52. The van der Waals surface area contributed by atoms with Crippen molar-refractivity contribution in [1.82, 2.24) is 0 Å². The van der Waals surface area contributed by atoms with Crippen molar-refractivity contribution in [2.75, 3.05) is 0 Å². The zero-order chi connectivity index (χ0) is 16.0. The van der Waals surface area contributed by atoms with Gasteiger partial charge in [0.25, 0.3) is 0 Å². The van der Waals surface area contributed by atoms with Crippen molar-refractivity contribution in [2.45, 2.75) is 77.1 Å². The average Bonchev–Trinajstić information content (AvgIpc) is 3.21. The van der Waals surface area contributed by atoms with Gasteiger partial charge in [-0.15, -0.1) is 0 Å². The molecule has 1 N–H and O–H groups in total. The van der Waals surface area contributed by atoms with Gasteiger partial charge in [-0.3, -0.25) is 0 Å². The van der Waals surface area contributed by atoms with E-state index in [0.29, 0.717) is 35.9 Å². The van der Waals surface area contributed by atoms with Gasteiger partial charge in [0.15, 0.2) is 0 Å². The molecule has 10 atom stereocenters. The first-order valence-corrected chi connectivity index (χ1v) is 9.72. The van der Waals surface area contributed by atoms with E-state index < -0.39 is 0 Å². The summed E-state index contributed by atoms with van der Waals surface area (Å²) >= 11 is 0. The van der Waals surface area contributed by atoms with Crippen LogP contribution in [0.3, 0.4) is 0 Å². The van der Waals surface area contributed by atoms with Gasteiger partial charge < -0.3 is 9.84 Å². The fourth-order valence-corrected chi connectivity index (χ4v) is 7.93. The van der Waals surface area contributed by atoms with Gasteiger partial charge in [-0.2, -0.15) is 5.26 Å². The van der Waals surface area contributed by atoms with E-state index in [1.54, 1.807) is 0 Å². The Kier molecular flexibility index (Phi) is 2.90. The first-order valence-electron chi connectivity index (χ1n) is 9.72. The third-order valence-electron chi connectivity index (χ3n) is 9.01. The number of epoxide rings is 1. The number of hydrogen-bond acceptors (Lipinski definition) is 3. The number of nitrogens with zero attached hydrogens (tertiary/aromatic N) is 1. The van der Waals surface area contributed by atoms with E-state index in [1.807, 2.05) is 0 Å². The molecule has 3 heteroatoms. The number of nitriles is 1. The van der Waals surface area contributed by atoms with Crippen molar-refractivity contribution in [3.8, 4) is 6.07 Å². The van der Waals surface area contributed by atoms with Gasteiger partial charge in [0.2, 0.25) is 0 Å². The average molecular weight is 315 g/mol. The second-order valence-electron chi connectivity index (χ2n) is 9.70. The molecule has 0 aromatic carbocycles. The molecule has 0 unspecified atom stereocenters. The van der Waals surface area contributed by atoms with Gasteiger partial charge in [0.1, 0.15) is 0 Å². The van der Waals surface area contributed by atoms with Crippen LogP contribution in [0, 0.1) is 51.8 Å². The fourth-order valence-electron chi connectivity index (χ4n) is 7.93. The van der Waals surface area contributed by atoms with Crippen LogP contribution in [0.15, 0.2) is 0 Å². The predicted octanol–water partition coefficient (Wildman–Crippen LogP) is 3.52. The normalized spacial score (nSPS) is 63.2. The Morgan fingerprint density at radius 2 is 1.83 bits per heavy atom. The maximum Gasteiger partial charge on any atom is 0.0875 e. The molecule has 4 saturated carbocycles. The van der Waals surface area contributed by atoms with Gasteiger partial charge in [-0.1, -0.05) is 13.8 Å². The van der Waals surface area contributed by atoms with Crippen LogP contribution in [0.25, 0.3) is 0 Å². The summed E-state index contributed by atoms with van der Waals surface area (Å²) in [5, 5.41) is 20.8. The Morgan fingerprint density at radius 3 is 2.61 bits per heavy atom. The second-order valence-corrected chi connectivity index (χ2v) is 9.70. The second kappa shape index (κ2) is 4.52. The fraction of sp³-hybridized carbons (Fsp3) is 0.950. The van der Waals surface area contributed by atoms with Crippen molar-refractivity contribution in [1.29, 1.82) is 5.26 Å². The Labute approximate surface area is 139 Å². The van der Waals surface area contributed by atoms with Crippen molar-refractivity contribution < 1.29 is 9.84 Å². The molecule has 0 radical (unpaired) electrons. The highest BCUT2D eigenvalue weighted by Gasteiger charge is 2.67. The molecule has 1 heterocycles. The molecule has 0 aromatic rings. The summed E-state index contributed by atoms with van der Waals surface area (Å²) in [5.74, 6) is 2.52. The van der Waals surface area contributed by atoms with Crippen LogP contribution >= 0.6 is 0 Å². The molecule has 0 amide bonds. The van der Waals surface area contributed by atoms with Crippen LogP contribution in [0.5, 0.6) is 0 Å². The van der Waals surface area contributed by atoms with Gasteiger partial charge >= 0.3 is 0 Å². The number of aliphatic hydroxyl groups excluding tert-OH is 1. The highest BCUT2D eigenvalue weighted by Crippen LogP contribution is 2.68. The molecule has 0 bridgehead atoms. The highest BCUT2D eigenvalue weighted by atomic mass is 16.6. The molecule has 5 aliphatic rings. The first kappa shape index (κ1) is 14.7. The van der Waals surface area contributed by atoms with E-state index in [0.717, 1.165) is 12.8 Å². The summed E-state index contributed by atoms with van der Waals surface area (Å²) in [7, 11) is 0. The largest absolute Gasteiger partial charge is 0.393 e. The lowest BCUT2D eigenvalue weighted by atomic mass is 9.44. The number of hydrogen-bond donors (Lipinski definition) is 1.